The van der Waals surface area contributed by atoms with Gasteiger partial charge in [-0.3, -0.25) is 4.79 Å². The maximum Gasteiger partial charge on any atom is 0.323 e. The summed E-state index contributed by atoms with van der Waals surface area (Å²) in [6.45, 7) is -0.292. The van der Waals surface area contributed by atoms with E-state index in [-0.39, 0.29) is 24.0 Å². The van der Waals surface area contributed by atoms with Gasteiger partial charge in [-0.2, -0.15) is 0 Å². The van der Waals surface area contributed by atoms with E-state index < -0.39 is 11.8 Å². The van der Waals surface area contributed by atoms with Gasteiger partial charge in [0.25, 0.3) is 0 Å². The molecule has 0 amide bonds. The highest BCUT2D eigenvalue weighted by Crippen LogP contribution is 2.25. The lowest BCUT2D eigenvalue weighted by molar-refractivity contribution is -0.137. The Labute approximate surface area is 101 Å². The maximum atomic E-state index is 13.1. The van der Waals surface area contributed by atoms with Crippen molar-refractivity contribution in [3.05, 3.63) is 29.3 Å². The summed E-state index contributed by atoms with van der Waals surface area (Å²) in [6.07, 6.45) is 1.32. The van der Waals surface area contributed by atoms with Gasteiger partial charge in [-0.15, -0.1) is 12.4 Å². The Morgan fingerprint density at radius 3 is 2.88 bits per heavy atom. The van der Waals surface area contributed by atoms with Crippen molar-refractivity contribution in [3.8, 4) is 0 Å². The maximum absolute atomic E-state index is 13.1. The monoisotopic (exact) mass is 264 g/mol. The molecule has 0 fully saturated rings. The van der Waals surface area contributed by atoms with Gasteiger partial charge in [0.1, 0.15) is 17.4 Å². The van der Waals surface area contributed by atoms with Crippen molar-refractivity contribution in [1.29, 1.82) is 0 Å². The topological polar surface area (TPSA) is 55.1 Å². The molecular formula is C9H7Cl2FN2O2. The van der Waals surface area contributed by atoms with Crippen molar-refractivity contribution in [2.24, 2.45) is 0 Å². The summed E-state index contributed by atoms with van der Waals surface area (Å²) in [6, 6.07) is 2.65. The number of imidazole rings is 1. The van der Waals surface area contributed by atoms with E-state index in [1.54, 1.807) is 0 Å². The largest absolute Gasteiger partial charge is 0.480 e. The Morgan fingerprint density at radius 1 is 1.56 bits per heavy atom. The van der Waals surface area contributed by atoms with Crippen LogP contribution in [0.25, 0.3) is 11.0 Å². The minimum absolute atomic E-state index is 0. The number of carbonyl (C=O) groups is 1. The van der Waals surface area contributed by atoms with E-state index in [0.717, 1.165) is 0 Å². The molecule has 2 aromatic rings. The zero-order valence-corrected chi connectivity index (χ0v) is 9.43. The number of carboxylic acids is 1. The first-order valence-corrected chi connectivity index (χ1v) is 4.48. The van der Waals surface area contributed by atoms with Crippen LogP contribution in [0.2, 0.25) is 5.02 Å². The van der Waals surface area contributed by atoms with Gasteiger partial charge in [0.15, 0.2) is 0 Å². The Bertz CT molecular complexity index is 542. The molecule has 7 heteroatoms. The van der Waals surface area contributed by atoms with Crippen molar-refractivity contribution in [2.75, 3.05) is 0 Å². The lowest BCUT2D eigenvalue weighted by atomic mass is 10.3. The second-order valence-electron chi connectivity index (χ2n) is 3.00. The van der Waals surface area contributed by atoms with Crippen LogP contribution in [0.1, 0.15) is 0 Å². The smallest absolute Gasteiger partial charge is 0.323 e. The molecule has 0 aliphatic rings. The third-order valence-corrected chi connectivity index (χ3v) is 2.34. The zero-order chi connectivity index (χ0) is 11.0. The van der Waals surface area contributed by atoms with Crippen LogP contribution in [-0.4, -0.2) is 20.6 Å². The van der Waals surface area contributed by atoms with E-state index in [0.29, 0.717) is 11.0 Å². The van der Waals surface area contributed by atoms with Gasteiger partial charge >= 0.3 is 5.97 Å². The van der Waals surface area contributed by atoms with Crippen LogP contribution in [0.15, 0.2) is 18.5 Å². The van der Waals surface area contributed by atoms with Crippen LogP contribution in [0.3, 0.4) is 0 Å². The van der Waals surface area contributed by atoms with E-state index in [2.05, 4.69) is 4.98 Å². The molecule has 0 unspecified atom stereocenters. The van der Waals surface area contributed by atoms with Gasteiger partial charge in [-0.25, -0.2) is 9.37 Å². The van der Waals surface area contributed by atoms with Gasteiger partial charge < -0.3 is 9.67 Å². The van der Waals surface area contributed by atoms with E-state index >= 15 is 0 Å². The quantitative estimate of drug-likeness (QED) is 0.906. The Balaban J connectivity index is 0.00000128. The summed E-state index contributed by atoms with van der Waals surface area (Å²) < 4.78 is 14.4. The number of hydrogen-bond donors (Lipinski definition) is 1. The van der Waals surface area contributed by atoms with Crippen molar-refractivity contribution in [2.45, 2.75) is 6.54 Å². The van der Waals surface area contributed by atoms with Crippen molar-refractivity contribution >= 4 is 41.0 Å². The van der Waals surface area contributed by atoms with Crippen LogP contribution in [0, 0.1) is 5.82 Å². The van der Waals surface area contributed by atoms with Crippen molar-refractivity contribution in [3.63, 3.8) is 0 Å². The van der Waals surface area contributed by atoms with E-state index in [1.165, 1.54) is 23.0 Å². The minimum atomic E-state index is -1.03. The first kappa shape index (κ1) is 12.7. The molecule has 0 radical (unpaired) electrons. The van der Waals surface area contributed by atoms with E-state index in [1.807, 2.05) is 0 Å². The Morgan fingerprint density at radius 2 is 2.25 bits per heavy atom. The highest BCUT2D eigenvalue weighted by molar-refractivity contribution is 6.35. The highest BCUT2D eigenvalue weighted by Gasteiger charge is 2.12. The lowest BCUT2D eigenvalue weighted by Gasteiger charge is -2.02. The van der Waals surface area contributed by atoms with Gasteiger partial charge in [0.05, 0.1) is 17.4 Å². The highest BCUT2D eigenvalue weighted by atomic mass is 35.5. The SMILES string of the molecule is Cl.O=C(O)Cn1cnc2ccc(F)c(Cl)c21. The zero-order valence-electron chi connectivity index (χ0n) is 7.85. The standard InChI is InChI=1S/C9H6ClFN2O2.ClH/c10-8-5(11)1-2-6-9(8)13(4-12-6)3-7(14)15;/h1-2,4H,3H2,(H,14,15);1H. The molecule has 4 nitrogen and oxygen atoms in total. The van der Waals surface area contributed by atoms with Gasteiger partial charge in [0, 0.05) is 0 Å². The summed E-state index contributed by atoms with van der Waals surface area (Å²) in [5, 5.41) is 8.51. The number of carboxylic acid groups (broad SMARTS) is 1. The lowest BCUT2D eigenvalue weighted by Crippen LogP contribution is -2.07. The molecule has 86 valence electrons. The molecule has 0 spiro atoms. The number of nitrogens with zero attached hydrogens (tertiary/aromatic N) is 2. The molecule has 1 aromatic heterocycles. The van der Waals surface area contributed by atoms with E-state index in [4.69, 9.17) is 16.7 Å². The number of halogens is 3. The van der Waals surface area contributed by atoms with Gasteiger partial charge in [-0.1, -0.05) is 11.6 Å². The number of rotatable bonds is 2. The molecule has 0 aliphatic carbocycles. The Hall–Kier alpha value is -1.33. The molecule has 0 bridgehead atoms. The van der Waals surface area contributed by atoms with Gasteiger partial charge in [0.2, 0.25) is 0 Å². The Kier molecular flexibility index (Phi) is 3.72. The van der Waals surface area contributed by atoms with Crippen LogP contribution in [0.5, 0.6) is 0 Å². The molecule has 1 aromatic carbocycles. The molecule has 0 aliphatic heterocycles. The van der Waals surface area contributed by atoms with Crippen LogP contribution < -0.4 is 0 Å². The number of aromatic nitrogens is 2. The molecule has 0 saturated heterocycles. The number of hydrogen-bond acceptors (Lipinski definition) is 2. The summed E-state index contributed by atoms with van der Waals surface area (Å²) in [5.74, 6) is -1.62. The number of aliphatic carboxylic acids is 1. The van der Waals surface area contributed by atoms with E-state index in [9.17, 15) is 9.18 Å². The normalized spacial score (nSPS) is 10.1. The fourth-order valence-electron chi connectivity index (χ4n) is 1.36. The molecule has 2 rings (SSSR count). The summed E-state index contributed by atoms with van der Waals surface area (Å²) in [7, 11) is 0. The third-order valence-electron chi connectivity index (χ3n) is 1.98. The fourth-order valence-corrected chi connectivity index (χ4v) is 1.63. The summed E-state index contributed by atoms with van der Waals surface area (Å²) in [4.78, 5) is 14.4. The first-order chi connectivity index (χ1) is 7.09. The molecule has 0 atom stereocenters. The molecular weight excluding hydrogens is 258 g/mol. The predicted molar refractivity (Wildman–Crippen MR) is 59.6 cm³/mol. The minimum Gasteiger partial charge on any atom is -0.480 e. The second kappa shape index (κ2) is 4.67. The van der Waals surface area contributed by atoms with Gasteiger partial charge in [-0.05, 0) is 12.1 Å². The van der Waals surface area contributed by atoms with Crippen molar-refractivity contribution in [1.82, 2.24) is 9.55 Å². The predicted octanol–water partition coefficient (Wildman–Crippen LogP) is 2.34. The third kappa shape index (κ3) is 2.10. The molecule has 0 saturated carbocycles. The molecule has 1 N–H and O–H groups in total. The number of fused-ring (bicyclic) bond motifs is 1. The van der Waals surface area contributed by atoms with Crippen LogP contribution >= 0.6 is 24.0 Å². The van der Waals surface area contributed by atoms with Crippen LogP contribution in [0.4, 0.5) is 4.39 Å². The molecule has 1 heterocycles. The second-order valence-corrected chi connectivity index (χ2v) is 3.37. The first-order valence-electron chi connectivity index (χ1n) is 4.10. The average molecular weight is 265 g/mol. The fraction of sp³-hybridized carbons (Fsp3) is 0.111. The average Bonchev–Trinajstić information content (AvgIpc) is 2.55. The molecule has 16 heavy (non-hydrogen) atoms. The summed E-state index contributed by atoms with van der Waals surface area (Å²) >= 11 is 5.73. The number of benzene rings is 1. The summed E-state index contributed by atoms with van der Waals surface area (Å²) in [5.41, 5.74) is 0.779. The van der Waals surface area contributed by atoms with Crippen LogP contribution in [-0.2, 0) is 11.3 Å². The van der Waals surface area contributed by atoms with Crippen molar-refractivity contribution < 1.29 is 14.3 Å².